The van der Waals surface area contributed by atoms with Crippen LogP contribution in [0.1, 0.15) is 12.8 Å². The van der Waals surface area contributed by atoms with Gasteiger partial charge in [-0.3, -0.25) is 0 Å². The number of benzene rings is 7. The highest BCUT2D eigenvalue weighted by atomic mass is 15.0. The molecule has 0 aliphatic heterocycles. The highest BCUT2D eigenvalue weighted by molar-refractivity contribution is 6.13. The molecular weight excluding hydrogens is 683 g/mol. The maximum atomic E-state index is 4.95. The Bertz CT molecular complexity index is 3110. The summed E-state index contributed by atoms with van der Waals surface area (Å²) in [7, 11) is 0. The molecular formula is C51H35N5. The lowest BCUT2D eigenvalue weighted by atomic mass is 10.0. The van der Waals surface area contributed by atoms with E-state index in [2.05, 4.69) is 137 Å². The summed E-state index contributed by atoms with van der Waals surface area (Å²) >= 11 is 0. The molecule has 10 aromatic rings. The SMILES string of the molecule is C1=CC(n2c3ccccc3c3cc(-c4ccc5c(c4)c4ccccc4n5-c4ccc(-c5nc(-c6ccccc6)nc(-c6ccccc6)n5)cc4)ccc32)=CCC1. The summed E-state index contributed by atoms with van der Waals surface area (Å²) in [5, 5.41) is 4.99. The topological polar surface area (TPSA) is 48.5 Å². The second kappa shape index (κ2) is 13.2. The molecule has 0 amide bonds. The first-order chi connectivity index (χ1) is 27.8. The van der Waals surface area contributed by atoms with E-state index in [9.17, 15) is 0 Å². The van der Waals surface area contributed by atoms with Crippen LogP contribution in [0.3, 0.4) is 0 Å². The van der Waals surface area contributed by atoms with E-state index in [0.29, 0.717) is 17.5 Å². The predicted octanol–water partition coefficient (Wildman–Crippen LogP) is 12.9. The molecule has 56 heavy (non-hydrogen) atoms. The van der Waals surface area contributed by atoms with Crippen molar-refractivity contribution < 1.29 is 0 Å². The third kappa shape index (κ3) is 5.36. The van der Waals surface area contributed by atoms with Crippen LogP contribution in [-0.2, 0) is 0 Å². The van der Waals surface area contributed by atoms with Gasteiger partial charge in [-0.25, -0.2) is 15.0 Å². The number of rotatable bonds is 6. The van der Waals surface area contributed by atoms with Gasteiger partial charge >= 0.3 is 0 Å². The van der Waals surface area contributed by atoms with Crippen LogP contribution in [0.2, 0.25) is 0 Å². The molecule has 5 heteroatoms. The maximum absolute atomic E-state index is 4.95. The van der Waals surface area contributed by atoms with Crippen molar-refractivity contribution in [2.45, 2.75) is 12.8 Å². The zero-order valence-electron chi connectivity index (χ0n) is 30.5. The quantitative estimate of drug-likeness (QED) is 0.172. The molecule has 264 valence electrons. The van der Waals surface area contributed by atoms with Gasteiger partial charge in [0.1, 0.15) is 0 Å². The third-order valence-corrected chi connectivity index (χ3v) is 11.0. The van der Waals surface area contributed by atoms with E-state index in [1.165, 1.54) is 49.4 Å². The fourth-order valence-electron chi connectivity index (χ4n) is 8.32. The van der Waals surface area contributed by atoms with Crippen LogP contribution < -0.4 is 0 Å². The van der Waals surface area contributed by atoms with Crippen LogP contribution in [0.25, 0.3) is 100 Å². The summed E-state index contributed by atoms with van der Waals surface area (Å²) in [4.78, 5) is 14.8. The molecule has 0 spiro atoms. The van der Waals surface area contributed by atoms with Crippen LogP contribution in [-0.4, -0.2) is 24.1 Å². The van der Waals surface area contributed by atoms with Gasteiger partial charge < -0.3 is 9.13 Å². The van der Waals surface area contributed by atoms with Crippen molar-refractivity contribution in [2.24, 2.45) is 0 Å². The van der Waals surface area contributed by atoms with E-state index < -0.39 is 0 Å². The molecule has 0 atom stereocenters. The van der Waals surface area contributed by atoms with Gasteiger partial charge in [-0.15, -0.1) is 0 Å². The van der Waals surface area contributed by atoms with Crippen molar-refractivity contribution in [1.29, 1.82) is 0 Å². The van der Waals surface area contributed by atoms with E-state index in [1.54, 1.807) is 0 Å². The Kier molecular flexibility index (Phi) is 7.56. The van der Waals surface area contributed by atoms with Gasteiger partial charge in [0, 0.05) is 49.6 Å². The minimum Gasteiger partial charge on any atom is -0.310 e. The number of nitrogens with zero attached hydrogens (tertiary/aromatic N) is 5. The van der Waals surface area contributed by atoms with Gasteiger partial charge in [-0.2, -0.15) is 0 Å². The molecule has 3 heterocycles. The van der Waals surface area contributed by atoms with Gasteiger partial charge in [0.15, 0.2) is 17.5 Å². The molecule has 0 fully saturated rings. The second-order valence-corrected chi connectivity index (χ2v) is 14.4. The van der Waals surface area contributed by atoms with Crippen LogP contribution >= 0.6 is 0 Å². The van der Waals surface area contributed by atoms with Gasteiger partial charge in [0.05, 0.1) is 22.1 Å². The fourth-order valence-corrected chi connectivity index (χ4v) is 8.32. The number of aromatic nitrogens is 5. The van der Waals surface area contributed by atoms with Gasteiger partial charge in [-0.05, 0) is 90.7 Å². The van der Waals surface area contributed by atoms with Gasteiger partial charge in [0.25, 0.3) is 0 Å². The van der Waals surface area contributed by atoms with Crippen LogP contribution in [0, 0.1) is 0 Å². The average molecular weight is 718 g/mol. The van der Waals surface area contributed by atoms with Crippen molar-refractivity contribution in [2.75, 3.05) is 0 Å². The van der Waals surface area contributed by atoms with E-state index in [1.807, 2.05) is 60.7 Å². The normalized spacial score (nSPS) is 12.9. The van der Waals surface area contributed by atoms with E-state index in [4.69, 9.17) is 15.0 Å². The Morgan fingerprint density at radius 1 is 0.357 bits per heavy atom. The highest BCUT2D eigenvalue weighted by Crippen LogP contribution is 2.39. The van der Waals surface area contributed by atoms with Crippen LogP contribution in [0.4, 0.5) is 0 Å². The summed E-state index contributed by atoms with van der Waals surface area (Å²) in [6.07, 6.45) is 9.06. The molecule has 0 saturated carbocycles. The molecule has 7 aromatic carbocycles. The summed E-state index contributed by atoms with van der Waals surface area (Å²) < 4.78 is 4.77. The Labute approximate surface area is 324 Å². The summed E-state index contributed by atoms with van der Waals surface area (Å²) in [6, 6.07) is 60.1. The molecule has 1 aliphatic carbocycles. The molecule has 3 aromatic heterocycles. The zero-order chi connectivity index (χ0) is 37.0. The zero-order valence-corrected chi connectivity index (χ0v) is 30.5. The lowest BCUT2D eigenvalue weighted by Gasteiger charge is -2.12. The van der Waals surface area contributed by atoms with Crippen molar-refractivity contribution >= 4 is 49.3 Å². The number of hydrogen-bond acceptors (Lipinski definition) is 3. The Morgan fingerprint density at radius 3 is 1.34 bits per heavy atom. The molecule has 11 rings (SSSR count). The third-order valence-electron chi connectivity index (χ3n) is 11.0. The van der Waals surface area contributed by atoms with E-state index in [-0.39, 0.29) is 0 Å². The van der Waals surface area contributed by atoms with E-state index >= 15 is 0 Å². The first-order valence-electron chi connectivity index (χ1n) is 19.2. The smallest absolute Gasteiger partial charge is 0.164 e. The fraction of sp³-hybridized carbons (Fsp3) is 0.0392. The number of hydrogen-bond donors (Lipinski definition) is 0. The molecule has 0 radical (unpaired) electrons. The van der Waals surface area contributed by atoms with E-state index in [0.717, 1.165) is 46.3 Å². The van der Waals surface area contributed by atoms with Gasteiger partial charge in [-0.1, -0.05) is 121 Å². The van der Waals surface area contributed by atoms with Crippen LogP contribution in [0.15, 0.2) is 188 Å². The minimum atomic E-state index is 0.642. The molecule has 0 bridgehead atoms. The summed E-state index contributed by atoms with van der Waals surface area (Å²) in [5.74, 6) is 1.95. The Balaban J connectivity index is 1.00. The highest BCUT2D eigenvalue weighted by Gasteiger charge is 2.18. The minimum absolute atomic E-state index is 0.642. The van der Waals surface area contributed by atoms with Crippen molar-refractivity contribution in [3.8, 4) is 51.0 Å². The maximum Gasteiger partial charge on any atom is 0.164 e. The van der Waals surface area contributed by atoms with Gasteiger partial charge in [0.2, 0.25) is 0 Å². The molecule has 5 nitrogen and oxygen atoms in total. The molecule has 0 N–H and O–H groups in total. The number of allylic oxidation sites excluding steroid dienone is 4. The van der Waals surface area contributed by atoms with Crippen molar-refractivity contribution in [1.82, 2.24) is 24.1 Å². The Hall–Kier alpha value is -7.37. The van der Waals surface area contributed by atoms with Crippen molar-refractivity contribution in [3.63, 3.8) is 0 Å². The predicted molar refractivity (Wildman–Crippen MR) is 232 cm³/mol. The van der Waals surface area contributed by atoms with Crippen LogP contribution in [0.5, 0.6) is 0 Å². The Morgan fingerprint density at radius 2 is 0.804 bits per heavy atom. The molecule has 1 aliphatic rings. The van der Waals surface area contributed by atoms with Crippen molar-refractivity contribution in [3.05, 3.63) is 188 Å². The number of fused-ring (bicyclic) bond motifs is 6. The second-order valence-electron chi connectivity index (χ2n) is 14.4. The summed E-state index contributed by atoms with van der Waals surface area (Å²) in [5.41, 5.74) is 12.4. The monoisotopic (exact) mass is 717 g/mol. The first-order valence-corrected chi connectivity index (χ1v) is 19.2. The first kappa shape index (κ1) is 32.1. The molecule has 0 unspecified atom stereocenters. The summed E-state index contributed by atoms with van der Waals surface area (Å²) in [6.45, 7) is 0. The largest absolute Gasteiger partial charge is 0.310 e. The average Bonchev–Trinajstić information content (AvgIpc) is 3.79. The standard InChI is InChI=1S/C51H35N5/c1-4-14-34(15-5-1)49-52-50(35-16-6-2-7-17-35)54-51(53-49)36-24-28-40(29-25-36)56-46-23-13-11-21-42(46)44-33-38(27-31-48(44)56)37-26-30-47-43(32-37)41-20-10-12-22-45(41)55(47)39-18-8-3-9-19-39/h1-2,4-8,10-33H,3,9H2. The molecule has 0 saturated heterocycles. The lowest BCUT2D eigenvalue weighted by Crippen LogP contribution is -2.00. The lowest BCUT2D eigenvalue weighted by molar-refractivity contribution is 1.02. The number of para-hydroxylation sites is 2.